The van der Waals surface area contributed by atoms with Gasteiger partial charge in [-0.15, -0.1) is 21.5 Å². The average molecular weight is 232 g/mol. The molecule has 0 bridgehead atoms. The summed E-state index contributed by atoms with van der Waals surface area (Å²) in [7, 11) is 0. The van der Waals surface area contributed by atoms with Gasteiger partial charge in [0.1, 0.15) is 0 Å². The van der Waals surface area contributed by atoms with Crippen LogP contribution in [0.2, 0.25) is 0 Å². The molecule has 0 aromatic carbocycles. The summed E-state index contributed by atoms with van der Waals surface area (Å²) in [5.74, 6) is 1.24. The van der Waals surface area contributed by atoms with Crippen LogP contribution in [0.15, 0.2) is 29.9 Å². The van der Waals surface area contributed by atoms with Crippen LogP contribution in [0.3, 0.4) is 0 Å². The summed E-state index contributed by atoms with van der Waals surface area (Å²) in [6, 6.07) is 4.12. The molecule has 0 radical (unpaired) electrons. The fourth-order valence-electron chi connectivity index (χ4n) is 1.47. The van der Waals surface area contributed by atoms with Crippen LogP contribution >= 0.6 is 11.3 Å². The molecule has 1 N–H and O–H groups in total. The Morgan fingerprint density at radius 2 is 2.44 bits per heavy atom. The Morgan fingerprint density at radius 1 is 1.44 bits per heavy atom. The molecule has 0 aliphatic rings. The van der Waals surface area contributed by atoms with Crippen LogP contribution in [-0.2, 0) is 6.54 Å². The first-order valence-electron chi connectivity index (χ1n) is 4.71. The molecule has 3 aromatic heterocycles. The van der Waals surface area contributed by atoms with E-state index in [9.17, 15) is 0 Å². The highest BCUT2D eigenvalue weighted by Gasteiger charge is 2.10. The minimum atomic E-state index is 0.515. The van der Waals surface area contributed by atoms with Gasteiger partial charge in [-0.2, -0.15) is 5.21 Å². The van der Waals surface area contributed by atoms with Crippen LogP contribution in [-0.4, -0.2) is 30.2 Å². The quantitative estimate of drug-likeness (QED) is 0.735. The lowest BCUT2D eigenvalue weighted by atomic mass is 10.4. The number of nitrogens with one attached hydrogen (secondary N) is 1. The van der Waals surface area contributed by atoms with Gasteiger partial charge in [-0.1, -0.05) is 6.07 Å². The summed E-state index contributed by atoms with van der Waals surface area (Å²) in [5, 5.41) is 15.9. The zero-order valence-corrected chi connectivity index (χ0v) is 9.05. The Balaban J connectivity index is 1.94. The van der Waals surface area contributed by atoms with Crippen molar-refractivity contribution in [2.75, 3.05) is 0 Å². The smallest absolute Gasteiger partial charge is 0.240 e. The van der Waals surface area contributed by atoms with Gasteiger partial charge in [0.2, 0.25) is 5.82 Å². The highest BCUT2D eigenvalue weighted by atomic mass is 32.1. The molecule has 0 aliphatic heterocycles. The van der Waals surface area contributed by atoms with Crippen LogP contribution in [0.4, 0.5) is 0 Å². The van der Waals surface area contributed by atoms with Gasteiger partial charge in [0.25, 0.3) is 0 Å². The number of nitrogens with zero attached hydrogens (tertiary/aromatic N) is 5. The van der Waals surface area contributed by atoms with E-state index in [2.05, 4.69) is 37.1 Å². The van der Waals surface area contributed by atoms with Crippen molar-refractivity contribution in [2.45, 2.75) is 6.54 Å². The molecule has 3 aromatic rings. The second-order valence-corrected chi connectivity index (χ2v) is 4.23. The molecule has 0 saturated carbocycles. The molecular formula is C9H8N6S. The number of rotatable bonds is 3. The van der Waals surface area contributed by atoms with E-state index in [1.165, 1.54) is 4.88 Å². The fourth-order valence-corrected chi connectivity index (χ4v) is 2.17. The monoisotopic (exact) mass is 232 g/mol. The maximum atomic E-state index is 4.22. The summed E-state index contributed by atoms with van der Waals surface area (Å²) >= 11 is 1.71. The molecule has 0 unspecified atom stereocenters. The summed E-state index contributed by atoms with van der Waals surface area (Å²) in [5.41, 5.74) is 0. The van der Waals surface area contributed by atoms with Crippen LogP contribution in [0.5, 0.6) is 0 Å². The normalized spacial score (nSPS) is 10.8. The van der Waals surface area contributed by atoms with E-state index in [1.54, 1.807) is 17.5 Å². The minimum Gasteiger partial charge on any atom is -0.323 e. The van der Waals surface area contributed by atoms with E-state index in [0.717, 1.165) is 12.4 Å². The number of imidazole rings is 1. The predicted octanol–water partition coefficient (Wildman–Crippen LogP) is 1.17. The molecular weight excluding hydrogens is 224 g/mol. The first kappa shape index (κ1) is 9.22. The summed E-state index contributed by atoms with van der Waals surface area (Å²) in [4.78, 5) is 5.49. The number of aromatic amines is 1. The number of hydrogen-bond donors (Lipinski definition) is 1. The molecule has 0 atom stereocenters. The molecule has 0 amide bonds. The molecule has 0 fully saturated rings. The highest BCUT2D eigenvalue weighted by Crippen LogP contribution is 2.15. The first-order valence-corrected chi connectivity index (χ1v) is 5.59. The predicted molar refractivity (Wildman–Crippen MR) is 58.8 cm³/mol. The van der Waals surface area contributed by atoms with Crippen molar-refractivity contribution < 1.29 is 0 Å². The summed E-state index contributed by atoms with van der Waals surface area (Å²) in [6.45, 7) is 0.779. The topological polar surface area (TPSA) is 72.3 Å². The van der Waals surface area contributed by atoms with Crippen LogP contribution < -0.4 is 0 Å². The fraction of sp³-hybridized carbons (Fsp3) is 0.111. The van der Waals surface area contributed by atoms with Crippen molar-refractivity contribution in [1.29, 1.82) is 0 Å². The molecule has 80 valence electrons. The van der Waals surface area contributed by atoms with Crippen LogP contribution in [0.1, 0.15) is 4.88 Å². The molecule has 7 heteroatoms. The van der Waals surface area contributed by atoms with E-state index in [4.69, 9.17) is 0 Å². The minimum absolute atomic E-state index is 0.515. The second kappa shape index (κ2) is 3.86. The number of H-pyrrole nitrogens is 1. The van der Waals surface area contributed by atoms with E-state index >= 15 is 0 Å². The van der Waals surface area contributed by atoms with E-state index in [-0.39, 0.29) is 0 Å². The van der Waals surface area contributed by atoms with E-state index in [0.29, 0.717) is 5.82 Å². The van der Waals surface area contributed by atoms with Gasteiger partial charge < -0.3 is 4.57 Å². The van der Waals surface area contributed by atoms with Crippen molar-refractivity contribution in [3.05, 3.63) is 34.8 Å². The number of aromatic nitrogens is 6. The Bertz CT molecular complexity index is 553. The zero-order chi connectivity index (χ0) is 10.8. The second-order valence-electron chi connectivity index (χ2n) is 3.19. The lowest BCUT2D eigenvalue weighted by Crippen LogP contribution is -2.00. The van der Waals surface area contributed by atoms with Crippen molar-refractivity contribution in [3.63, 3.8) is 0 Å². The third kappa shape index (κ3) is 1.61. The third-order valence-corrected chi connectivity index (χ3v) is 3.03. The van der Waals surface area contributed by atoms with Gasteiger partial charge in [0.15, 0.2) is 5.82 Å². The van der Waals surface area contributed by atoms with Crippen molar-refractivity contribution >= 4 is 11.3 Å². The van der Waals surface area contributed by atoms with Crippen molar-refractivity contribution in [1.82, 2.24) is 30.2 Å². The number of tetrazole rings is 1. The van der Waals surface area contributed by atoms with E-state index in [1.807, 2.05) is 16.8 Å². The first-order chi connectivity index (χ1) is 7.93. The van der Waals surface area contributed by atoms with Gasteiger partial charge in [-0.3, -0.25) is 0 Å². The molecule has 0 aliphatic carbocycles. The standard InChI is InChI=1S/C9H8N6S/c1-2-7(16-5-1)6-15-4-3-10-9(15)8-11-13-14-12-8/h1-5H,6H2,(H,11,12,13,14). The van der Waals surface area contributed by atoms with Gasteiger partial charge >= 0.3 is 0 Å². The van der Waals surface area contributed by atoms with Gasteiger partial charge in [-0.05, 0) is 16.7 Å². The van der Waals surface area contributed by atoms with Gasteiger partial charge in [-0.25, -0.2) is 4.98 Å². The van der Waals surface area contributed by atoms with Crippen LogP contribution in [0, 0.1) is 0 Å². The molecule has 0 saturated heterocycles. The van der Waals surface area contributed by atoms with Crippen LogP contribution in [0.25, 0.3) is 11.6 Å². The molecule has 6 nitrogen and oxygen atoms in total. The number of hydrogen-bond acceptors (Lipinski definition) is 5. The Kier molecular flexibility index (Phi) is 2.22. The van der Waals surface area contributed by atoms with Gasteiger partial charge in [0, 0.05) is 17.3 Å². The van der Waals surface area contributed by atoms with Gasteiger partial charge in [0.05, 0.1) is 6.54 Å². The third-order valence-electron chi connectivity index (χ3n) is 2.17. The molecule has 3 rings (SSSR count). The van der Waals surface area contributed by atoms with E-state index < -0.39 is 0 Å². The lowest BCUT2D eigenvalue weighted by Gasteiger charge is -2.02. The highest BCUT2D eigenvalue weighted by molar-refractivity contribution is 7.09. The van der Waals surface area contributed by atoms with Crippen molar-refractivity contribution in [2.24, 2.45) is 0 Å². The lowest BCUT2D eigenvalue weighted by molar-refractivity contribution is 0.811. The SMILES string of the molecule is c1csc(Cn2ccnc2-c2nn[nH]n2)c1. The zero-order valence-electron chi connectivity index (χ0n) is 8.24. The summed E-state index contributed by atoms with van der Waals surface area (Å²) < 4.78 is 2.00. The maximum absolute atomic E-state index is 4.22. The summed E-state index contributed by atoms with van der Waals surface area (Å²) in [6.07, 6.45) is 3.64. The maximum Gasteiger partial charge on any atom is 0.240 e. The Labute approximate surface area is 95.0 Å². The largest absolute Gasteiger partial charge is 0.323 e. The Morgan fingerprint density at radius 3 is 3.19 bits per heavy atom. The average Bonchev–Trinajstić information content (AvgIpc) is 2.98. The molecule has 16 heavy (non-hydrogen) atoms. The van der Waals surface area contributed by atoms with Crippen molar-refractivity contribution in [3.8, 4) is 11.6 Å². The molecule has 3 heterocycles. The molecule has 0 spiro atoms. The number of thiophene rings is 1. The Hall–Kier alpha value is -2.02.